The number of urea groups is 1. The lowest BCUT2D eigenvalue weighted by molar-refractivity contribution is -0.128. The zero-order valence-corrected chi connectivity index (χ0v) is 11.0. The van der Waals surface area contributed by atoms with Crippen molar-refractivity contribution in [2.75, 3.05) is 25.0 Å². The number of rotatable bonds is 3. The lowest BCUT2D eigenvalue weighted by Crippen LogP contribution is -2.40. The Balaban J connectivity index is 1.72. The van der Waals surface area contributed by atoms with E-state index in [2.05, 4.69) is 15.6 Å². The molecule has 1 aliphatic heterocycles. The van der Waals surface area contributed by atoms with E-state index in [9.17, 15) is 9.59 Å². The van der Waals surface area contributed by atoms with Gasteiger partial charge in [0.05, 0.1) is 6.54 Å². The van der Waals surface area contributed by atoms with Gasteiger partial charge in [-0.25, -0.2) is 9.78 Å². The Labute approximate surface area is 109 Å². The Hall–Kier alpha value is -1.63. The van der Waals surface area contributed by atoms with Crippen LogP contribution in [0.25, 0.3) is 0 Å². The molecule has 0 spiro atoms. The monoisotopic (exact) mass is 268 g/mol. The number of carbonyl (C=O) groups excluding carboxylic acids is 2. The number of hydrogen-bond donors (Lipinski definition) is 2. The van der Waals surface area contributed by atoms with Crippen LogP contribution in [0.4, 0.5) is 9.93 Å². The van der Waals surface area contributed by atoms with E-state index < -0.39 is 6.03 Å². The van der Waals surface area contributed by atoms with Crippen LogP contribution in [0.5, 0.6) is 0 Å². The standard InChI is InChI=1S/C11H16N4O2S/c1-8-6-13-11(18-8)14-10(17)12-7-9(16)15-4-2-3-5-15/h6H,2-5,7H2,1H3,(H2,12,13,14,17). The number of thiazole rings is 1. The molecule has 2 rings (SSSR count). The molecule has 0 aromatic carbocycles. The number of amides is 3. The number of aromatic nitrogens is 1. The Kier molecular flexibility index (Phi) is 4.14. The highest BCUT2D eigenvalue weighted by molar-refractivity contribution is 7.15. The molecule has 0 radical (unpaired) electrons. The largest absolute Gasteiger partial charge is 0.341 e. The van der Waals surface area contributed by atoms with E-state index >= 15 is 0 Å². The van der Waals surface area contributed by atoms with Gasteiger partial charge in [-0.2, -0.15) is 0 Å². The molecule has 1 fully saturated rings. The number of likely N-dealkylation sites (tertiary alicyclic amines) is 1. The zero-order chi connectivity index (χ0) is 13.0. The molecular formula is C11H16N4O2S. The van der Waals surface area contributed by atoms with E-state index in [0.29, 0.717) is 5.13 Å². The van der Waals surface area contributed by atoms with Crippen molar-refractivity contribution in [3.8, 4) is 0 Å². The summed E-state index contributed by atoms with van der Waals surface area (Å²) in [6.07, 6.45) is 3.79. The molecule has 7 heteroatoms. The molecule has 0 saturated carbocycles. The second-order valence-corrected chi connectivity index (χ2v) is 5.41. The van der Waals surface area contributed by atoms with E-state index in [-0.39, 0.29) is 12.5 Å². The summed E-state index contributed by atoms with van der Waals surface area (Å²) >= 11 is 1.40. The minimum atomic E-state index is -0.392. The van der Waals surface area contributed by atoms with Crippen LogP contribution in [0.15, 0.2) is 6.20 Å². The lowest BCUT2D eigenvalue weighted by atomic mass is 10.4. The van der Waals surface area contributed by atoms with Crippen LogP contribution in [-0.4, -0.2) is 41.5 Å². The fourth-order valence-electron chi connectivity index (χ4n) is 1.79. The van der Waals surface area contributed by atoms with E-state index in [4.69, 9.17) is 0 Å². The maximum absolute atomic E-state index is 11.7. The van der Waals surface area contributed by atoms with E-state index in [0.717, 1.165) is 30.8 Å². The van der Waals surface area contributed by atoms with Gasteiger partial charge in [0.1, 0.15) is 0 Å². The Morgan fingerprint density at radius 1 is 1.44 bits per heavy atom. The van der Waals surface area contributed by atoms with Crippen molar-refractivity contribution >= 4 is 28.4 Å². The molecule has 1 aromatic heterocycles. The maximum Gasteiger partial charge on any atom is 0.321 e. The number of carbonyl (C=O) groups is 2. The molecule has 2 heterocycles. The first-order chi connectivity index (χ1) is 8.65. The van der Waals surface area contributed by atoms with Crippen LogP contribution in [0, 0.1) is 6.92 Å². The Morgan fingerprint density at radius 2 is 2.17 bits per heavy atom. The summed E-state index contributed by atoms with van der Waals surface area (Å²) in [4.78, 5) is 30.0. The molecule has 0 unspecified atom stereocenters. The van der Waals surface area contributed by atoms with Crippen molar-refractivity contribution < 1.29 is 9.59 Å². The second kappa shape index (κ2) is 5.81. The third-order valence-electron chi connectivity index (χ3n) is 2.70. The summed E-state index contributed by atoms with van der Waals surface area (Å²) in [5, 5.41) is 5.68. The quantitative estimate of drug-likeness (QED) is 0.865. The topological polar surface area (TPSA) is 74.3 Å². The SMILES string of the molecule is Cc1cnc(NC(=O)NCC(=O)N2CCCC2)s1. The fourth-order valence-corrected chi connectivity index (χ4v) is 2.45. The van der Waals surface area contributed by atoms with Gasteiger partial charge in [-0.05, 0) is 19.8 Å². The molecule has 0 aliphatic carbocycles. The number of aryl methyl sites for hydroxylation is 1. The van der Waals surface area contributed by atoms with Crippen LogP contribution in [0.3, 0.4) is 0 Å². The van der Waals surface area contributed by atoms with Gasteiger partial charge in [0.2, 0.25) is 5.91 Å². The first kappa shape index (κ1) is 12.8. The highest BCUT2D eigenvalue weighted by Gasteiger charge is 2.18. The zero-order valence-electron chi connectivity index (χ0n) is 10.2. The highest BCUT2D eigenvalue weighted by Crippen LogP contribution is 2.15. The summed E-state index contributed by atoms with van der Waals surface area (Å²) in [6, 6.07) is -0.392. The normalized spacial score (nSPS) is 14.6. The van der Waals surface area contributed by atoms with Gasteiger partial charge in [0.15, 0.2) is 5.13 Å². The van der Waals surface area contributed by atoms with Gasteiger partial charge in [-0.1, -0.05) is 0 Å². The Bertz CT molecular complexity index is 440. The number of nitrogens with zero attached hydrogens (tertiary/aromatic N) is 2. The molecule has 6 nitrogen and oxygen atoms in total. The minimum absolute atomic E-state index is 0.0297. The second-order valence-electron chi connectivity index (χ2n) is 4.17. The molecule has 1 aliphatic rings. The first-order valence-electron chi connectivity index (χ1n) is 5.90. The third-order valence-corrected chi connectivity index (χ3v) is 3.53. The molecule has 98 valence electrons. The summed E-state index contributed by atoms with van der Waals surface area (Å²) in [5.74, 6) is -0.0297. The summed E-state index contributed by atoms with van der Waals surface area (Å²) in [7, 11) is 0. The third kappa shape index (κ3) is 3.43. The molecule has 0 bridgehead atoms. The summed E-state index contributed by atoms with van der Waals surface area (Å²) in [6.45, 7) is 3.55. The van der Waals surface area contributed by atoms with Crippen LogP contribution in [0.1, 0.15) is 17.7 Å². The van der Waals surface area contributed by atoms with Crippen LogP contribution in [0.2, 0.25) is 0 Å². The molecule has 3 amide bonds. The van der Waals surface area contributed by atoms with E-state index in [1.54, 1.807) is 11.1 Å². The van der Waals surface area contributed by atoms with E-state index in [1.165, 1.54) is 11.3 Å². The average Bonchev–Trinajstić information content (AvgIpc) is 2.97. The van der Waals surface area contributed by atoms with E-state index in [1.807, 2.05) is 6.92 Å². The summed E-state index contributed by atoms with van der Waals surface area (Å²) < 4.78 is 0. The average molecular weight is 268 g/mol. The number of hydrogen-bond acceptors (Lipinski definition) is 4. The predicted molar refractivity (Wildman–Crippen MR) is 69.7 cm³/mol. The van der Waals surface area contributed by atoms with Crippen molar-refractivity contribution in [2.45, 2.75) is 19.8 Å². The van der Waals surface area contributed by atoms with Gasteiger partial charge < -0.3 is 10.2 Å². The van der Waals surface area contributed by atoms with Crippen molar-refractivity contribution in [1.29, 1.82) is 0 Å². The molecule has 18 heavy (non-hydrogen) atoms. The van der Waals surface area contributed by atoms with Gasteiger partial charge in [-0.15, -0.1) is 11.3 Å². The predicted octanol–water partition coefficient (Wildman–Crippen LogP) is 1.20. The van der Waals surface area contributed by atoms with Crippen molar-refractivity contribution in [3.05, 3.63) is 11.1 Å². The van der Waals surface area contributed by atoms with Gasteiger partial charge in [0.25, 0.3) is 0 Å². The van der Waals surface area contributed by atoms with Crippen LogP contribution < -0.4 is 10.6 Å². The first-order valence-corrected chi connectivity index (χ1v) is 6.72. The smallest absolute Gasteiger partial charge is 0.321 e. The number of nitrogens with one attached hydrogen (secondary N) is 2. The van der Waals surface area contributed by atoms with Crippen LogP contribution in [-0.2, 0) is 4.79 Å². The van der Waals surface area contributed by atoms with Crippen molar-refractivity contribution in [1.82, 2.24) is 15.2 Å². The fraction of sp³-hybridized carbons (Fsp3) is 0.545. The molecule has 1 saturated heterocycles. The maximum atomic E-state index is 11.7. The van der Waals surface area contributed by atoms with Crippen LogP contribution >= 0.6 is 11.3 Å². The summed E-state index contributed by atoms with van der Waals surface area (Å²) in [5.41, 5.74) is 0. The minimum Gasteiger partial charge on any atom is -0.341 e. The molecular weight excluding hydrogens is 252 g/mol. The van der Waals surface area contributed by atoms with Gasteiger partial charge >= 0.3 is 6.03 Å². The Morgan fingerprint density at radius 3 is 2.78 bits per heavy atom. The van der Waals surface area contributed by atoms with Crippen molar-refractivity contribution in [2.24, 2.45) is 0 Å². The van der Waals surface area contributed by atoms with Crippen molar-refractivity contribution in [3.63, 3.8) is 0 Å². The lowest BCUT2D eigenvalue weighted by Gasteiger charge is -2.15. The molecule has 0 atom stereocenters. The molecule has 1 aromatic rings. The molecule has 2 N–H and O–H groups in total. The number of anilines is 1. The highest BCUT2D eigenvalue weighted by atomic mass is 32.1. The van der Waals surface area contributed by atoms with Gasteiger partial charge in [0, 0.05) is 24.2 Å². The van der Waals surface area contributed by atoms with Gasteiger partial charge in [-0.3, -0.25) is 10.1 Å².